The minimum absolute atomic E-state index is 0.0344. The van der Waals surface area contributed by atoms with Gasteiger partial charge in [-0.1, -0.05) is 25.8 Å². The van der Waals surface area contributed by atoms with Gasteiger partial charge in [-0.05, 0) is 25.5 Å². The van der Waals surface area contributed by atoms with E-state index in [1.165, 1.54) is 7.11 Å². The molecular weight excluding hydrogens is 228 g/mol. The van der Waals surface area contributed by atoms with Crippen molar-refractivity contribution >= 4 is 5.97 Å². The zero-order valence-corrected chi connectivity index (χ0v) is 11.3. The Labute approximate surface area is 109 Å². The predicted octanol–water partition coefficient (Wildman–Crippen LogP) is 2.46. The number of unbranched alkanes of at least 4 members (excludes halogenated alkanes) is 1. The molecule has 1 heterocycles. The fraction of sp³-hybridized carbons (Fsp3) is 0.571. The average Bonchev–Trinajstić information content (AvgIpc) is 2.43. The van der Waals surface area contributed by atoms with Crippen LogP contribution in [0.1, 0.15) is 44.8 Å². The summed E-state index contributed by atoms with van der Waals surface area (Å²) < 4.78 is 4.82. The molecule has 4 heteroatoms. The van der Waals surface area contributed by atoms with Gasteiger partial charge < -0.3 is 4.74 Å². The molecule has 0 bridgehead atoms. The molecule has 1 unspecified atom stereocenters. The van der Waals surface area contributed by atoms with E-state index in [0.29, 0.717) is 0 Å². The third kappa shape index (κ3) is 4.45. The van der Waals surface area contributed by atoms with Crippen molar-refractivity contribution in [1.82, 2.24) is 10.3 Å². The Hall–Kier alpha value is -1.42. The molecular formula is C14H22N2O2. The number of hydrogen-bond acceptors (Lipinski definition) is 4. The maximum Gasteiger partial charge on any atom is 0.322 e. The van der Waals surface area contributed by atoms with Crippen molar-refractivity contribution in [2.24, 2.45) is 0 Å². The number of nitrogens with zero attached hydrogens (tertiary/aromatic N) is 1. The van der Waals surface area contributed by atoms with E-state index in [2.05, 4.69) is 17.2 Å². The van der Waals surface area contributed by atoms with Crippen LogP contribution < -0.4 is 5.32 Å². The highest BCUT2D eigenvalue weighted by Gasteiger charge is 2.21. The fourth-order valence-corrected chi connectivity index (χ4v) is 1.84. The average molecular weight is 250 g/mol. The van der Waals surface area contributed by atoms with Crippen LogP contribution >= 0.6 is 0 Å². The van der Waals surface area contributed by atoms with Gasteiger partial charge in [-0.2, -0.15) is 0 Å². The first-order valence-corrected chi connectivity index (χ1v) is 6.43. The van der Waals surface area contributed by atoms with Crippen molar-refractivity contribution in [2.75, 3.05) is 7.11 Å². The summed E-state index contributed by atoms with van der Waals surface area (Å²) in [5.74, 6) is -0.203. The Kier molecular flexibility index (Phi) is 6.36. The minimum atomic E-state index is -0.257. The number of carbonyl (C=O) groups is 1. The first kappa shape index (κ1) is 14.6. The van der Waals surface area contributed by atoms with Crippen molar-refractivity contribution in [1.29, 1.82) is 0 Å². The van der Waals surface area contributed by atoms with Crippen molar-refractivity contribution in [2.45, 2.75) is 45.2 Å². The normalized spacial score (nSPS) is 13.9. The second-order valence-corrected chi connectivity index (χ2v) is 4.36. The lowest BCUT2D eigenvalue weighted by molar-refractivity contribution is -0.143. The van der Waals surface area contributed by atoms with Crippen LogP contribution in [-0.4, -0.2) is 24.1 Å². The Bertz CT molecular complexity index is 354. The summed E-state index contributed by atoms with van der Waals surface area (Å²) in [6.45, 7) is 4.11. The number of rotatable bonds is 7. The Balaban J connectivity index is 2.62. The van der Waals surface area contributed by atoms with Gasteiger partial charge in [-0.15, -0.1) is 0 Å². The summed E-state index contributed by atoms with van der Waals surface area (Å²) in [6, 6.07) is 5.55. The van der Waals surface area contributed by atoms with Gasteiger partial charge in [0, 0.05) is 12.2 Å². The van der Waals surface area contributed by atoms with E-state index < -0.39 is 0 Å². The monoisotopic (exact) mass is 250 g/mol. The Morgan fingerprint density at radius 2 is 2.28 bits per heavy atom. The number of ether oxygens (including phenoxy) is 1. The maximum absolute atomic E-state index is 11.7. The lowest BCUT2D eigenvalue weighted by atomic mass is 10.1. The van der Waals surface area contributed by atoms with Gasteiger partial charge in [-0.3, -0.25) is 15.1 Å². The zero-order chi connectivity index (χ0) is 13.4. The molecule has 0 amide bonds. The third-order valence-corrected chi connectivity index (χ3v) is 2.91. The lowest BCUT2D eigenvalue weighted by Gasteiger charge is -2.21. The van der Waals surface area contributed by atoms with Gasteiger partial charge in [0.25, 0.3) is 0 Å². The molecule has 4 nitrogen and oxygen atoms in total. The maximum atomic E-state index is 11.7. The fourth-order valence-electron chi connectivity index (χ4n) is 1.84. The number of nitrogens with one attached hydrogen (secondary N) is 1. The van der Waals surface area contributed by atoms with Crippen molar-refractivity contribution in [3.05, 3.63) is 30.1 Å². The second-order valence-electron chi connectivity index (χ2n) is 4.36. The molecule has 100 valence electrons. The zero-order valence-electron chi connectivity index (χ0n) is 11.3. The van der Waals surface area contributed by atoms with E-state index in [9.17, 15) is 4.79 Å². The second kappa shape index (κ2) is 7.82. The predicted molar refractivity (Wildman–Crippen MR) is 71.1 cm³/mol. The van der Waals surface area contributed by atoms with Crippen LogP contribution in [0.25, 0.3) is 0 Å². The number of aromatic nitrogens is 1. The van der Waals surface area contributed by atoms with Gasteiger partial charge in [0.2, 0.25) is 0 Å². The Morgan fingerprint density at radius 3 is 2.83 bits per heavy atom. The van der Waals surface area contributed by atoms with E-state index >= 15 is 0 Å². The quantitative estimate of drug-likeness (QED) is 0.755. The highest BCUT2D eigenvalue weighted by molar-refractivity contribution is 5.75. The summed E-state index contributed by atoms with van der Waals surface area (Å²) in [4.78, 5) is 16.0. The summed E-state index contributed by atoms with van der Waals surface area (Å²) in [5.41, 5.74) is 0.933. The minimum Gasteiger partial charge on any atom is -0.468 e. The third-order valence-electron chi connectivity index (χ3n) is 2.91. The smallest absolute Gasteiger partial charge is 0.322 e. The lowest BCUT2D eigenvalue weighted by Crippen LogP contribution is -2.39. The number of esters is 1. The summed E-state index contributed by atoms with van der Waals surface area (Å²) >= 11 is 0. The van der Waals surface area contributed by atoms with E-state index in [0.717, 1.165) is 25.0 Å². The highest BCUT2D eigenvalue weighted by Crippen LogP contribution is 2.12. The SMILES string of the molecule is CCCCC(N[C@@H](C)c1ccccn1)C(=O)OC. The molecule has 1 N–H and O–H groups in total. The highest BCUT2D eigenvalue weighted by atomic mass is 16.5. The van der Waals surface area contributed by atoms with E-state index in [-0.39, 0.29) is 18.1 Å². The van der Waals surface area contributed by atoms with Crippen LogP contribution in [0.3, 0.4) is 0 Å². The van der Waals surface area contributed by atoms with E-state index in [4.69, 9.17) is 4.74 Å². The molecule has 0 aliphatic rings. The van der Waals surface area contributed by atoms with Crippen LogP contribution in [0.15, 0.2) is 24.4 Å². The van der Waals surface area contributed by atoms with Crippen LogP contribution in [-0.2, 0) is 9.53 Å². The largest absolute Gasteiger partial charge is 0.468 e. The standard InChI is InChI=1S/C14H22N2O2/c1-4-5-8-13(14(17)18-3)16-11(2)12-9-6-7-10-15-12/h6-7,9-11,13,16H,4-5,8H2,1-3H3/t11-,13?/m0/s1. The molecule has 1 aromatic heterocycles. The molecule has 2 atom stereocenters. The van der Waals surface area contributed by atoms with Crippen LogP contribution in [0, 0.1) is 0 Å². The van der Waals surface area contributed by atoms with Crippen LogP contribution in [0.5, 0.6) is 0 Å². The number of hydrogen-bond donors (Lipinski definition) is 1. The summed E-state index contributed by atoms with van der Waals surface area (Å²) in [5, 5.41) is 3.28. The molecule has 0 aromatic carbocycles. The molecule has 0 aliphatic carbocycles. The molecule has 0 radical (unpaired) electrons. The molecule has 1 aromatic rings. The molecule has 1 rings (SSSR count). The number of pyridine rings is 1. The van der Waals surface area contributed by atoms with E-state index in [1.54, 1.807) is 6.20 Å². The molecule has 0 saturated heterocycles. The van der Waals surface area contributed by atoms with Gasteiger partial charge in [0.1, 0.15) is 6.04 Å². The topological polar surface area (TPSA) is 51.2 Å². The Morgan fingerprint density at radius 1 is 1.50 bits per heavy atom. The van der Waals surface area contributed by atoms with E-state index in [1.807, 2.05) is 25.1 Å². The van der Waals surface area contributed by atoms with Crippen molar-refractivity contribution < 1.29 is 9.53 Å². The van der Waals surface area contributed by atoms with Crippen molar-refractivity contribution in [3.8, 4) is 0 Å². The van der Waals surface area contributed by atoms with Gasteiger partial charge in [-0.25, -0.2) is 0 Å². The molecule has 18 heavy (non-hydrogen) atoms. The molecule has 0 saturated carbocycles. The number of methoxy groups -OCH3 is 1. The first-order valence-electron chi connectivity index (χ1n) is 6.43. The molecule has 0 fully saturated rings. The van der Waals surface area contributed by atoms with Crippen molar-refractivity contribution in [3.63, 3.8) is 0 Å². The van der Waals surface area contributed by atoms with Crippen LogP contribution in [0.4, 0.5) is 0 Å². The van der Waals surface area contributed by atoms with Gasteiger partial charge >= 0.3 is 5.97 Å². The molecule has 0 spiro atoms. The van der Waals surface area contributed by atoms with Gasteiger partial charge in [0.05, 0.1) is 12.8 Å². The number of carbonyl (C=O) groups excluding carboxylic acids is 1. The van der Waals surface area contributed by atoms with Gasteiger partial charge in [0.15, 0.2) is 0 Å². The summed E-state index contributed by atoms with van der Waals surface area (Å²) in [6.07, 6.45) is 4.61. The first-order chi connectivity index (χ1) is 8.69. The molecule has 0 aliphatic heterocycles. The summed E-state index contributed by atoms with van der Waals surface area (Å²) in [7, 11) is 1.42. The van der Waals surface area contributed by atoms with Crippen LogP contribution in [0.2, 0.25) is 0 Å².